The quantitative estimate of drug-likeness (QED) is 0.785. The van der Waals surface area contributed by atoms with Gasteiger partial charge < -0.3 is 15.4 Å². The van der Waals surface area contributed by atoms with Gasteiger partial charge in [0.05, 0.1) is 0 Å². The zero-order valence-corrected chi connectivity index (χ0v) is 15.6. The molecule has 1 saturated carbocycles. The number of hydrogen-bond donors (Lipinski definition) is 2. The van der Waals surface area contributed by atoms with Gasteiger partial charge in [-0.1, -0.05) is 12.1 Å². The molecule has 2 aliphatic heterocycles. The van der Waals surface area contributed by atoms with Crippen LogP contribution in [0.4, 0.5) is 0 Å². The summed E-state index contributed by atoms with van der Waals surface area (Å²) in [5.41, 5.74) is 1.44. The second-order valence-corrected chi connectivity index (χ2v) is 8.13. The van der Waals surface area contributed by atoms with E-state index in [-0.39, 0.29) is 11.8 Å². The Balaban J connectivity index is 1.17. The molecule has 1 unspecified atom stereocenters. The molecular formula is C21H31N3O2. The summed E-state index contributed by atoms with van der Waals surface area (Å²) < 4.78 is 5.84. The van der Waals surface area contributed by atoms with Gasteiger partial charge in [0.1, 0.15) is 12.4 Å². The first-order chi connectivity index (χ1) is 12.8. The summed E-state index contributed by atoms with van der Waals surface area (Å²) in [6.07, 6.45) is 6.01. The topological polar surface area (TPSA) is 53.6 Å². The van der Waals surface area contributed by atoms with Gasteiger partial charge in [-0.2, -0.15) is 0 Å². The minimum atomic E-state index is 0.234. The van der Waals surface area contributed by atoms with Crippen molar-refractivity contribution >= 4 is 5.91 Å². The number of nitrogens with one attached hydrogen (secondary N) is 2. The van der Waals surface area contributed by atoms with E-state index in [2.05, 4.69) is 27.7 Å². The number of carbonyl (C=O) groups is 1. The van der Waals surface area contributed by atoms with Gasteiger partial charge in [0.25, 0.3) is 0 Å². The Bertz CT molecular complexity index is 604. The number of benzene rings is 1. The van der Waals surface area contributed by atoms with Crippen LogP contribution in [0.15, 0.2) is 24.3 Å². The van der Waals surface area contributed by atoms with Crippen LogP contribution in [0.25, 0.3) is 0 Å². The molecule has 5 heteroatoms. The first-order valence-corrected chi connectivity index (χ1v) is 10.2. The Morgan fingerprint density at radius 2 is 1.92 bits per heavy atom. The number of ether oxygens (including phenoxy) is 1. The maximum Gasteiger partial charge on any atom is 0.223 e. The van der Waals surface area contributed by atoms with Gasteiger partial charge in [0, 0.05) is 19.0 Å². The monoisotopic (exact) mass is 357 g/mol. The van der Waals surface area contributed by atoms with Crippen molar-refractivity contribution in [2.75, 3.05) is 39.3 Å². The Morgan fingerprint density at radius 1 is 1.19 bits per heavy atom. The summed E-state index contributed by atoms with van der Waals surface area (Å²) in [6, 6.07) is 8.13. The number of hydrogen-bond acceptors (Lipinski definition) is 4. The van der Waals surface area contributed by atoms with Gasteiger partial charge in [-0.25, -0.2) is 0 Å². The van der Waals surface area contributed by atoms with E-state index in [4.69, 9.17) is 4.74 Å². The fraction of sp³-hybridized carbons (Fsp3) is 0.667. The Hall–Kier alpha value is -1.59. The Morgan fingerprint density at radius 3 is 2.65 bits per heavy atom. The number of nitrogens with zero attached hydrogens (tertiary/aromatic N) is 1. The molecule has 3 fully saturated rings. The van der Waals surface area contributed by atoms with Crippen LogP contribution in [-0.4, -0.2) is 50.1 Å². The predicted octanol–water partition coefficient (Wildman–Crippen LogP) is 2.17. The number of piperidine rings is 1. The van der Waals surface area contributed by atoms with E-state index in [1.54, 1.807) is 0 Å². The van der Waals surface area contributed by atoms with Crippen molar-refractivity contribution in [1.29, 1.82) is 0 Å². The highest BCUT2D eigenvalue weighted by molar-refractivity contribution is 5.82. The Labute approximate surface area is 156 Å². The highest BCUT2D eigenvalue weighted by atomic mass is 16.5. The molecule has 1 aromatic rings. The first-order valence-electron chi connectivity index (χ1n) is 10.2. The van der Waals surface area contributed by atoms with Crippen LogP contribution in [0.5, 0.6) is 5.75 Å². The van der Waals surface area contributed by atoms with E-state index in [0.717, 1.165) is 56.8 Å². The Kier molecular flexibility index (Phi) is 5.46. The van der Waals surface area contributed by atoms with Gasteiger partial charge in [-0.05, 0) is 81.4 Å². The molecule has 1 atom stereocenters. The lowest BCUT2D eigenvalue weighted by Crippen LogP contribution is -2.33. The predicted molar refractivity (Wildman–Crippen MR) is 102 cm³/mol. The molecule has 5 nitrogen and oxygen atoms in total. The third-order valence-electron chi connectivity index (χ3n) is 6.37. The van der Waals surface area contributed by atoms with Crippen molar-refractivity contribution in [2.24, 2.45) is 11.3 Å². The molecule has 2 saturated heterocycles. The molecular weight excluding hydrogens is 326 g/mol. The third kappa shape index (κ3) is 4.21. The van der Waals surface area contributed by atoms with Crippen molar-refractivity contribution in [1.82, 2.24) is 15.5 Å². The molecule has 1 aromatic carbocycles. The van der Waals surface area contributed by atoms with Crippen molar-refractivity contribution in [3.63, 3.8) is 0 Å². The highest BCUT2D eigenvalue weighted by Gasteiger charge is 2.57. The van der Waals surface area contributed by atoms with Crippen molar-refractivity contribution in [3.05, 3.63) is 29.8 Å². The van der Waals surface area contributed by atoms with Crippen LogP contribution in [-0.2, 0) is 11.3 Å². The van der Waals surface area contributed by atoms with E-state index >= 15 is 0 Å². The molecule has 4 rings (SSSR count). The van der Waals surface area contributed by atoms with Crippen molar-refractivity contribution < 1.29 is 9.53 Å². The second-order valence-electron chi connectivity index (χ2n) is 8.13. The summed E-state index contributed by atoms with van der Waals surface area (Å²) in [4.78, 5) is 14.9. The number of carbonyl (C=O) groups excluding carboxylic acids is 1. The van der Waals surface area contributed by atoms with Crippen LogP contribution in [0, 0.1) is 11.3 Å². The van der Waals surface area contributed by atoms with Gasteiger partial charge in [0.15, 0.2) is 0 Å². The summed E-state index contributed by atoms with van der Waals surface area (Å²) >= 11 is 0. The molecule has 0 radical (unpaired) electrons. The molecule has 2 N–H and O–H groups in total. The molecule has 0 bridgehead atoms. The average Bonchev–Trinajstić information content (AvgIpc) is 3.11. The molecule has 1 amide bonds. The molecule has 2 heterocycles. The van der Waals surface area contributed by atoms with E-state index in [9.17, 15) is 4.79 Å². The summed E-state index contributed by atoms with van der Waals surface area (Å²) in [5.74, 6) is 1.38. The lowest BCUT2D eigenvalue weighted by molar-refractivity contribution is -0.123. The minimum absolute atomic E-state index is 0.234. The van der Waals surface area contributed by atoms with Crippen LogP contribution < -0.4 is 15.4 Å². The van der Waals surface area contributed by atoms with Crippen LogP contribution in [0.3, 0.4) is 0 Å². The van der Waals surface area contributed by atoms with Crippen molar-refractivity contribution in [2.45, 2.75) is 38.6 Å². The SMILES string of the molecule is O=C(NCc1ccc(OCCN2CCCC2)cc1)C1CC12CCNCC2. The first kappa shape index (κ1) is 17.8. The minimum Gasteiger partial charge on any atom is -0.492 e. The van der Waals surface area contributed by atoms with Gasteiger partial charge in [0.2, 0.25) is 5.91 Å². The number of rotatable bonds is 7. The average molecular weight is 357 g/mol. The second kappa shape index (κ2) is 7.97. The highest BCUT2D eigenvalue weighted by Crippen LogP contribution is 2.58. The van der Waals surface area contributed by atoms with Crippen LogP contribution in [0.1, 0.15) is 37.7 Å². The largest absolute Gasteiger partial charge is 0.492 e. The van der Waals surface area contributed by atoms with Gasteiger partial charge in [-0.3, -0.25) is 9.69 Å². The smallest absolute Gasteiger partial charge is 0.223 e. The summed E-state index contributed by atoms with van der Waals surface area (Å²) in [5, 5.41) is 6.51. The lowest BCUT2D eigenvalue weighted by atomic mass is 9.92. The summed E-state index contributed by atoms with van der Waals surface area (Å²) in [6.45, 7) is 6.90. The van der Waals surface area contributed by atoms with Crippen LogP contribution in [0.2, 0.25) is 0 Å². The van der Waals surface area contributed by atoms with E-state index in [1.165, 1.54) is 25.9 Å². The van der Waals surface area contributed by atoms with E-state index in [0.29, 0.717) is 12.0 Å². The number of likely N-dealkylation sites (tertiary alicyclic amines) is 1. The molecule has 0 aromatic heterocycles. The maximum absolute atomic E-state index is 12.4. The molecule has 1 aliphatic carbocycles. The lowest BCUT2D eigenvalue weighted by Gasteiger charge is -2.23. The van der Waals surface area contributed by atoms with Crippen LogP contribution >= 0.6 is 0 Å². The van der Waals surface area contributed by atoms with E-state index < -0.39 is 0 Å². The fourth-order valence-corrected chi connectivity index (χ4v) is 4.51. The third-order valence-corrected chi connectivity index (χ3v) is 6.37. The number of amides is 1. The molecule has 142 valence electrons. The normalized spacial score (nSPS) is 24.5. The van der Waals surface area contributed by atoms with E-state index in [1.807, 2.05) is 12.1 Å². The van der Waals surface area contributed by atoms with Gasteiger partial charge >= 0.3 is 0 Å². The maximum atomic E-state index is 12.4. The summed E-state index contributed by atoms with van der Waals surface area (Å²) in [7, 11) is 0. The van der Waals surface area contributed by atoms with Gasteiger partial charge in [-0.15, -0.1) is 0 Å². The zero-order chi connectivity index (χ0) is 17.8. The zero-order valence-electron chi connectivity index (χ0n) is 15.6. The standard InChI is InChI=1S/C21H31N3O2/c25-20(19-15-21(19)7-9-22-10-8-21)23-16-17-3-5-18(6-4-17)26-14-13-24-11-1-2-12-24/h3-6,19,22H,1-2,7-16H2,(H,23,25). The molecule has 3 aliphatic rings. The molecule has 1 spiro atoms. The fourth-order valence-electron chi connectivity index (χ4n) is 4.51. The van der Waals surface area contributed by atoms with Crippen molar-refractivity contribution in [3.8, 4) is 5.75 Å². The molecule has 26 heavy (non-hydrogen) atoms.